The number of hydrogen-bond acceptors (Lipinski definition) is 24. The van der Waals surface area contributed by atoms with Crippen LogP contribution in [-0.4, -0.2) is 49.2 Å². The van der Waals surface area contributed by atoms with Gasteiger partial charge in [-0.2, -0.15) is 123 Å². The van der Waals surface area contributed by atoms with Crippen molar-refractivity contribution in [3.05, 3.63) is 89.8 Å². The first kappa shape index (κ1) is 121. The number of nitriles is 8. The number of halogens is 4. The van der Waals surface area contributed by atoms with Crippen LogP contribution in [0.2, 0.25) is 0 Å². The van der Waals surface area contributed by atoms with E-state index in [1.807, 2.05) is 18.2 Å². The summed E-state index contributed by atoms with van der Waals surface area (Å²) in [4.78, 5) is 130. The number of nitrogens with zero attached hydrogens (tertiary/aromatic N) is 8. The summed E-state index contributed by atoms with van der Waals surface area (Å²) in [6, 6.07) is 17.1. The third-order valence-corrected chi connectivity index (χ3v) is 24.8. The molecule has 0 bridgehead atoms. The van der Waals surface area contributed by atoms with Gasteiger partial charge in [0.2, 0.25) is 0 Å². The van der Waals surface area contributed by atoms with Gasteiger partial charge in [0.1, 0.15) is 29.3 Å². The van der Waals surface area contributed by atoms with Crippen molar-refractivity contribution in [1.29, 1.82) is 42.1 Å². The predicted octanol–water partition coefficient (Wildman–Crippen LogP) is 21.8. The molecule has 11 aliphatic carbocycles. The molecule has 11 fully saturated rings. The van der Waals surface area contributed by atoms with Crippen LogP contribution >= 0.6 is 50.1 Å². The van der Waals surface area contributed by atoms with E-state index in [1.165, 1.54) is 147 Å². The third kappa shape index (κ3) is 58.3. The summed E-state index contributed by atoms with van der Waals surface area (Å²) < 4.78 is 13.8. The van der Waals surface area contributed by atoms with Crippen molar-refractivity contribution in [2.45, 2.75) is 279 Å². The Morgan fingerprint density at radius 1 is 0.361 bits per heavy atom. The summed E-state index contributed by atoms with van der Waals surface area (Å²) in [5, 5.41) is 70.0. The van der Waals surface area contributed by atoms with Gasteiger partial charge in [0.25, 0.3) is 0 Å². The molecule has 0 N–H and O–H groups in total. The normalized spacial score (nSPS) is 24.2. The lowest BCUT2D eigenvalue weighted by Crippen LogP contribution is -2.08. The molecule has 662 valence electrons. The smallest absolute Gasteiger partial charge is 0.195 e. The van der Waals surface area contributed by atoms with Crippen LogP contribution in [0.4, 0.5) is 4.39 Å². The van der Waals surface area contributed by atoms with Gasteiger partial charge >= 0.3 is 49.2 Å². The predicted molar refractivity (Wildman–Crippen MR) is 454 cm³/mol. The molecule has 0 radical (unpaired) electrons. The minimum atomic E-state index is -0.643. The zero-order valence-electron chi connectivity index (χ0n) is 74.1. The summed E-state index contributed by atoms with van der Waals surface area (Å²) in [5.41, 5.74) is 7.66. The lowest BCUT2D eigenvalue weighted by molar-refractivity contribution is -0.193. The van der Waals surface area contributed by atoms with Crippen LogP contribution in [-0.2, 0) is 76.7 Å². The van der Waals surface area contributed by atoms with E-state index in [4.69, 9.17) is 120 Å². The van der Waals surface area contributed by atoms with Crippen LogP contribution < -0.4 is 0 Å². The molecule has 11 rings (SSSR count). The molecule has 9 atom stereocenters. The summed E-state index contributed by atoms with van der Waals surface area (Å²) in [7, 11) is 0. The van der Waals surface area contributed by atoms with Gasteiger partial charge in [0, 0.05) is 22.3 Å². The fraction of sp³-hybridized carbons (Fsp3) is 0.660. The maximum atomic E-state index is 12.3. The minimum absolute atomic E-state index is 0.230. The number of unbranched alkanes of at least 4 members (excludes halogenated alkanes) is 1. The molecule has 0 aromatic heterocycles. The average Bonchev–Trinajstić information content (AvgIpc) is 1.25. The number of rotatable bonds is 17. The van der Waals surface area contributed by atoms with Crippen molar-refractivity contribution in [1.82, 2.24) is 0 Å². The topological polar surface area (TPSA) is 463 Å². The Hall–Kier alpha value is -9.69. The molecule has 0 saturated heterocycles. The van der Waals surface area contributed by atoms with Gasteiger partial charge in [-0.3, -0.25) is 0 Å². The van der Waals surface area contributed by atoms with Crippen LogP contribution in [0.25, 0.3) is 0 Å². The highest BCUT2D eigenvalue weighted by Gasteiger charge is 2.49. The highest BCUT2D eigenvalue weighted by molar-refractivity contribution is 14.1. The quantitative estimate of drug-likeness (QED) is 0.0964. The van der Waals surface area contributed by atoms with Crippen molar-refractivity contribution in [3.8, 4) is 48.6 Å². The maximum absolute atomic E-state index is 12.3. The van der Waals surface area contributed by atoms with Crippen molar-refractivity contribution in [2.24, 2.45) is 114 Å². The lowest BCUT2D eigenvalue weighted by Gasteiger charge is -2.20. The fourth-order valence-corrected chi connectivity index (χ4v) is 14.2. The zero-order valence-corrected chi connectivity index (χ0v) is 78.6. The number of allylic oxidation sites excluding steroid dienone is 16. The van der Waals surface area contributed by atoms with Crippen LogP contribution in [0.3, 0.4) is 0 Å². The van der Waals surface area contributed by atoms with E-state index in [-0.39, 0.29) is 60.5 Å². The third-order valence-electron chi connectivity index (χ3n) is 23.5. The highest BCUT2D eigenvalue weighted by Crippen LogP contribution is 2.58. The Bertz CT molecular complexity index is 3880. The molecular weight excluding hydrogens is 1760 g/mol. The monoisotopic (exact) mass is 1880 g/mol. The molecular formula is C94H122BrClFIN8O16. The Labute approximate surface area is 749 Å². The standard InChI is InChI=1S/C16H27N.C14H21N.C13H19N.C11H15N.C8H10BrN.C8H10ClN.C8H10FN.C8H10IN.8CO2/c1-5-7-8-13(6-2)9-14(12-17)10-15-11-16(15,3)4;1-14(2)9-13(14)8-12(10-15)11-6-4-3-5-7-11;1-13(2)8-12(13)7-11(9-14)10-5-3-4-6-10;1-11(2)6-10(11)5-9(7-12)8-3-4-8;4*1-8(2)4-6(8)3-7(9)5-10;8*2-1-3/h10,13,15H,5-9,11H2,1-4H3;8,11,13H,3-7,9H2,1-2H3;7,10,12H,3-6,8H2,1-2H3;5,8,10H,3-4,6H2,1-2H3;4*3,6H,4H2,1-2H3;;;;;;;;/b14-10-;12-8+;11-7+;9-5+;4*7-3+;;;;;;;;. The largest absolute Gasteiger partial charge is 0.373 e. The Kier molecular flexibility index (Phi) is 62.7. The SMILES string of the molecule is CC1(C)CC1/C=C(/Br)C#N.CC1(C)CC1/C=C(/Cl)C#N.CC1(C)CC1/C=C(/F)C#N.CC1(C)CC1/C=C(/I)C#N.CC1(C)CC1/C=C(\C#N)C1CC1.CC1(C)CC1/C=C(\C#N)C1CCCC1.CC1(C)CC1/C=C(\C#N)C1CCCCC1.CCCCC(CC)C/C(C#N)=C/C1CC1(C)C.O=C=O.O=C=O.O=C=O.O=C=O.O=C=O.O=C=O.O=C=O.O=C=O. The number of hydrogen-bond donors (Lipinski definition) is 0. The molecule has 0 aromatic rings. The molecule has 122 heavy (non-hydrogen) atoms. The summed E-state index contributed by atoms with van der Waals surface area (Å²) in [6.45, 7) is 40.2. The van der Waals surface area contributed by atoms with Gasteiger partial charge in [-0.25, -0.2) is 0 Å². The van der Waals surface area contributed by atoms with E-state index >= 15 is 0 Å². The van der Waals surface area contributed by atoms with E-state index < -0.39 is 5.83 Å². The molecule has 9 unspecified atom stereocenters. The molecule has 0 amide bonds. The minimum Gasteiger partial charge on any atom is -0.195 e. The van der Waals surface area contributed by atoms with Crippen molar-refractivity contribution in [2.75, 3.05) is 0 Å². The highest BCUT2D eigenvalue weighted by atomic mass is 127. The molecule has 11 aliphatic rings. The van der Waals surface area contributed by atoms with Gasteiger partial charge in [0.05, 0.1) is 32.3 Å². The lowest BCUT2D eigenvalue weighted by atomic mass is 9.83. The molecule has 11 saturated carbocycles. The average molecular weight is 1880 g/mol. The Morgan fingerprint density at radius 3 is 0.844 bits per heavy atom. The first-order valence-corrected chi connectivity index (χ1v) is 42.7. The molecule has 24 nitrogen and oxygen atoms in total. The van der Waals surface area contributed by atoms with Crippen molar-refractivity contribution >= 4 is 99.3 Å². The van der Waals surface area contributed by atoms with Crippen LogP contribution in [0, 0.1) is 205 Å². The molecule has 28 heteroatoms. The van der Waals surface area contributed by atoms with Gasteiger partial charge in [0.15, 0.2) is 5.83 Å². The van der Waals surface area contributed by atoms with E-state index in [2.05, 4.69) is 230 Å². The van der Waals surface area contributed by atoms with E-state index in [0.29, 0.717) is 113 Å². The Balaban J connectivity index is -0.000000413. The van der Waals surface area contributed by atoms with Gasteiger partial charge < -0.3 is 0 Å². The second-order valence-electron chi connectivity index (χ2n) is 36.8. The maximum Gasteiger partial charge on any atom is 0.373 e. The van der Waals surface area contributed by atoms with Crippen LogP contribution in [0.1, 0.15) is 279 Å². The van der Waals surface area contributed by atoms with Gasteiger partial charge in [-0.05, 0) is 255 Å². The van der Waals surface area contributed by atoms with Crippen molar-refractivity contribution in [3.63, 3.8) is 0 Å². The first-order chi connectivity index (χ1) is 57.0. The summed E-state index contributed by atoms with van der Waals surface area (Å²) in [6.07, 6.45) is 48.1. The molecule has 0 aliphatic heterocycles. The van der Waals surface area contributed by atoms with Gasteiger partial charge in [-0.15, -0.1) is 0 Å². The zero-order chi connectivity index (χ0) is 95.5. The summed E-state index contributed by atoms with van der Waals surface area (Å²) >= 11 is 10.8. The van der Waals surface area contributed by atoms with Crippen LogP contribution in [0.15, 0.2) is 89.8 Å². The summed E-state index contributed by atoms with van der Waals surface area (Å²) in [5.74, 6) is 6.65. The number of carbonyl (C=O) groups excluding carboxylic acids is 16. The van der Waals surface area contributed by atoms with E-state index in [0.717, 1.165) is 45.1 Å². The second-order valence-corrected chi connectivity index (χ2v) is 39.2. The van der Waals surface area contributed by atoms with Crippen molar-refractivity contribution < 1.29 is 81.1 Å². The molecule has 0 spiro atoms. The van der Waals surface area contributed by atoms with Crippen LogP contribution in [0.5, 0.6) is 0 Å². The first-order valence-electron chi connectivity index (χ1n) is 40.5. The van der Waals surface area contributed by atoms with E-state index in [9.17, 15) is 14.9 Å². The fourth-order valence-electron chi connectivity index (χ4n) is 13.3. The van der Waals surface area contributed by atoms with Gasteiger partial charge in [-0.1, -0.05) is 237 Å². The second kappa shape index (κ2) is 63.3. The molecule has 0 heterocycles. The Morgan fingerprint density at radius 2 is 0.615 bits per heavy atom. The van der Waals surface area contributed by atoms with E-state index in [1.54, 1.807) is 0 Å². The molecule has 0 aromatic carbocycles.